The zero-order valence-electron chi connectivity index (χ0n) is 12.6. The Bertz CT molecular complexity index is 866. The van der Waals surface area contributed by atoms with Gasteiger partial charge in [-0.1, -0.05) is 29.8 Å². The van der Waals surface area contributed by atoms with Gasteiger partial charge in [-0.25, -0.2) is 0 Å². The van der Waals surface area contributed by atoms with Crippen molar-refractivity contribution >= 4 is 44.6 Å². The Morgan fingerprint density at radius 2 is 2.09 bits per heavy atom. The van der Waals surface area contributed by atoms with Crippen molar-refractivity contribution in [1.82, 2.24) is 9.78 Å². The molecule has 1 aromatic carbocycles. The van der Waals surface area contributed by atoms with Gasteiger partial charge in [0.05, 0.1) is 22.1 Å². The highest BCUT2D eigenvalue weighted by molar-refractivity contribution is 7.21. The second kappa shape index (κ2) is 5.74. The SMILES string of the molecule is CCn1nc(C)c(NC(=O)c2sc3ccccc3c2Cl)c1C. The number of fused-ring (bicyclic) bond motifs is 1. The first kappa shape index (κ1) is 15.1. The predicted octanol–water partition coefficient (Wildman–Crippen LogP) is 4.64. The van der Waals surface area contributed by atoms with Crippen molar-refractivity contribution in [3.8, 4) is 0 Å². The molecule has 6 heteroatoms. The molecule has 0 aliphatic carbocycles. The second-order valence-corrected chi connectivity index (χ2v) is 6.49. The molecule has 114 valence electrons. The van der Waals surface area contributed by atoms with Crippen molar-refractivity contribution in [2.24, 2.45) is 0 Å². The van der Waals surface area contributed by atoms with E-state index in [0.717, 1.165) is 33.7 Å². The zero-order chi connectivity index (χ0) is 15.9. The third-order valence-electron chi connectivity index (χ3n) is 3.66. The predicted molar refractivity (Wildman–Crippen MR) is 92.2 cm³/mol. The summed E-state index contributed by atoms with van der Waals surface area (Å²) in [5.74, 6) is -0.187. The molecular formula is C16H16ClN3OS. The van der Waals surface area contributed by atoms with Crippen LogP contribution in [0.2, 0.25) is 5.02 Å². The van der Waals surface area contributed by atoms with Crippen molar-refractivity contribution in [2.75, 3.05) is 5.32 Å². The van der Waals surface area contributed by atoms with Gasteiger partial charge < -0.3 is 5.32 Å². The third-order valence-corrected chi connectivity index (χ3v) is 5.33. The number of carbonyl (C=O) groups is 1. The molecule has 0 fully saturated rings. The molecule has 0 aliphatic rings. The minimum Gasteiger partial charge on any atom is -0.318 e. The van der Waals surface area contributed by atoms with E-state index in [1.165, 1.54) is 11.3 Å². The molecule has 0 aliphatic heterocycles. The molecule has 3 rings (SSSR count). The lowest BCUT2D eigenvalue weighted by Gasteiger charge is -2.05. The molecule has 0 unspecified atom stereocenters. The number of amides is 1. The molecule has 0 bridgehead atoms. The van der Waals surface area contributed by atoms with Crippen LogP contribution >= 0.6 is 22.9 Å². The van der Waals surface area contributed by atoms with Gasteiger partial charge in [0.1, 0.15) is 4.88 Å². The number of halogens is 1. The number of aryl methyl sites for hydroxylation is 2. The van der Waals surface area contributed by atoms with Crippen LogP contribution in [0.1, 0.15) is 28.0 Å². The molecule has 2 aromatic heterocycles. The fourth-order valence-corrected chi connectivity index (χ4v) is 3.93. The summed E-state index contributed by atoms with van der Waals surface area (Å²) in [5, 5.41) is 8.79. The lowest BCUT2D eigenvalue weighted by Crippen LogP contribution is -2.12. The summed E-state index contributed by atoms with van der Waals surface area (Å²) in [6.07, 6.45) is 0. The van der Waals surface area contributed by atoms with Crippen molar-refractivity contribution < 1.29 is 4.79 Å². The van der Waals surface area contributed by atoms with E-state index in [0.29, 0.717) is 9.90 Å². The molecule has 0 saturated carbocycles. The van der Waals surface area contributed by atoms with Gasteiger partial charge in [0.2, 0.25) is 0 Å². The van der Waals surface area contributed by atoms with E-state index in [1.807, 2.05) is 49.7 Å². The maximum atomic E-state index is 12.6. The number of hydrogen-bond acceptors (Lipinski definition) is 3. The van der Waals surface area contributed by atoms with Crippen molar-refractivity contribution in [3.05, 3.63) is 45.6 Å². The monoisotopic (exact) mass is 333 g/mol. The number of aromatic nitrogens is 2. The molecular weight excluding hydrogens is 318 g/mol. The summed E-state index contributed by atoms with van der Waals surface area (Å²) < 4.78 is 2.88. The normalized spacial score (nSPS) is 11.1. The Labute approximate surface area is 137 Å². The van der Waals surface area contributed by atoms with E-state index < -0.39 is 0 Å². The van der Waals surface area contributed by atoms with Crippen LogP contribution in [-0.2, 0) is 6.54 Å². The summed E-state index contributed by atoms with van der Waals surface area (Å²) in [6, 6.07) is 7.75. The Morgan fingerprint density at radius 3 is 2.73 bits per heavy atom. The molecule has 0 saturated heterocycles. The lowest BCUT2D eigenvalue weighted by atomic mass is 10.2. The van der Waals surface area contributed by atoms with E-state index in [2.05, 4.69) is 10.4 Å². The number of nitrogens with one attached hydrogen (secondary N) is 1. The minimum absolute atomic E-state index is 0.187. The minimum atomic E-state index is -0.187. The van der Waals surface area contributed by atoms with Crippen molar-refractivity contribution in [3.63, 3.8) is 0 Å². The van der Waals surface area contributed by atoms with Crippen LogP contribution in [0, 0.1) is 13.8 Å². The van der Waals surface area contributed by atoms with Gasteiger partial charge in [-0.2, -0.15) is 5.10 Å². The summed E-state index contributed by atoms with van der Waals surface area (Å²) in [7, 11) is 0. The van der Waals surface area contributed by atoms with E-state index in [1.54, 1.807) is 0 Å². The van der Waals surface area contributed by atoms with E-state index in [4.69, 9.17) is 11.6 Å². The standard InChI is InChI=1S/C16H16ClN3OS/c1-4-20-10(3)14(9(2)19-20)18-16(21)15-13(17)11-7-5-6-8-12(11)22-15/h5-8H,4H2,1-3H3,(H,18,21). The third kappa shape index (κ3) is 2.40. The highest BCUT2D eigenvalue weighted by Crippen LogP contribution is 2.35. The number of carbonyl (C=O) groups excluding carboxylic acids is 1. The number of benzene rings is 1. The van der Waals surface area contributed by atoms with Gasteiger partial charge in [-0.15, -0.1) is 11.3 Å². The van der Waals surface area contributed by atoms with E-state index >= 15 is 0 Å². The number of anilines is 1. The fourth-order valence-electron chi connectivity index (χ4n) is 2.52. The van der Waals surface area contributed by atoms with Gasteiger partial charge >= 0.3 is 0 Å². The maximum absolute atomic E-state index is 12.6. The van der Waals surface area contributed by atoms with Crippen molar-refractivity contribution in [1.29, 1.82) is 0 Å². The number of hydrogen-bond donors (Lipinski definition) is 1. The smallest absolute Gasteiger partial charge is 0.267 e. The van der Waals surface area contributed by atoms with Crippen LogP contribution in [0.15, 0.2) is 24.3 Å². The average Bonchev–Trinajstić information content (AvgIpc) is 2.99. The van der Waals surface area contributed by atoms with Crippen LogP contribution in [0.5, 0.6) is 0 Å². The lowest BCUT2D eigenvalue weighted by molar-refractivity contribution is 0.103. The average molecular weight is 334 g/mol. The Hall–Kier alpha value is -1.85. The summed E-state index contributed by atoms with van der Waals surface area (Å²) >= 11 is 7.76. The van der Waals surface area contributed by atoms with Crippen LogP contribution in [0.3, 0.4) is 0 Å². The highest BCUT2D eigenvalue weighted by atomic mass is 35.5. The van der Waals surface area contributed by atoms with Crippen molar-refractivity contribution in [2.45, 2.75) is 27.3 Å². The Morgan fingerprint density at radius 1 is 1.36 bits per heavy atom. The maximum Gasteiger partial charge on any atom is 0.267 e. The first-order valence-electron chi connectivity index (χ1n) is 7.05. The topological polar surface area (TPSA) is 46.9 Å². The van der Waals surface area contributed by atoms with E-state index in [-0.39, 0.29) is 5.91 Å². The molecule has 0 spiro atoms. The Kier molecular flexibility index (Phi) is 3.93. The Balaban J connectivity index is 1.97. The number of nitrogens with zero attached hydrogens (tertiary/aromatic N) is 2. The van der Waals surface area contributed by atoms with Gasteiger partial charge in [0.15, 0.2) is 0 Å². The summed E-state index contributed by atoms with van der Waals surface area (Å²) in [4.78, 5) is 13.1. The number of rotatable bonds is 3. The molecule has 3 aromatic rings. The molecule has 2 heterocycles. The van der Waals surface area contributed by atoms with Gasteiger partial charge in [0, 0.05) is 16.6 Å². The van der Waals surface area contributed by atoms with Crippen LogP contribution in [0.25, 0.3) is 10.1 Å². The largest absolute Gasteiger partial charge is 0.318 e. The van der Waals surface area contributed by atoms with Gasteiger partial charge in [0.25, 0.3) is 5.91 Å². The highest BCUT2D eigenvalue weighted by Gasteiger charge is 2.20. The molecule has 4 nitrogen and oxygen atoms in total. The first-order valence-corrected chi connectivity index (χ1v) is 8.24. The quantitative estimate of drug-likeness (QED) is 0.759. The summed E-state index contributed by atoms with van der Waals surface area (Å²) in [6.45, 7) is 6.63. The van der Waals surface area contributed by atoms with Gasteiger partial charge in [-0.3, -0.25) is 9.48 Å². The first-order chi connectivity index (χ1) is 10.5. The molecule has 1 amide bonds. The van der Waals surface area contributed by atoms with E-state index in [9.17, 15) is 4.79 Å². The molecule has 22 heavy (non-hydrogen) atoms. The van der Waals surface area contributed by atoms with Crippen LogP contribution in [-0.4, -0.2) is 15.7 Å². The molecule has 0 radical (unpaired) electrons. The second-order valence-electron chi connectivity index (χ2n) is 5.06. The van der Waals surface area contributed by atoms with Crippen LogP contribution < -0.4 is 5.32 Å². The zero-order valence-corrected chi connectivity index (χ0v) is 14.2. The van der Waals surface area contributed by atoms with Gasteiger partial charge in [-0.05, 0) is 26.8 Å². The fraction of sp³-hybridized carbons (Fsp3) is 0.250. The summed E-state index contributed by atoms with van der Waals surface area (Å²) in [5.41, 5.74) is 2.52. The molecule has 0 atom stereocenters. The number of thiophene rings is 1. The van der Waals surface area contributed by atoms with Crippen LogP contribution in [0.4, 0.5) is 5.69 Å². The molecule has 1 N–H and O–H groups in total.